The van der Waals surface area contributed by atoms with Crippen LogP contribution < -0.4 is 4.74 Å². The Morgan fingerprint density at radius 2 is 2.19 bits per heavy atom. The molecule has 3 nitrogen and oxygen atoms in total. The topological polar surface area (TPSA) is 46.5 Å². The third kappa shape index (κ3) is 2.89. The summed E-state index contributed by atoms with van der Waals surface area (Å²) in [6.45, 7) is 3.80. The second-order valence-corrected chi connectivity index (χ2v) is 4.25. The molecule has 1 aromatic rings. The fraction of sp³-hybridized carbons (Fsp3) is 0.417. The molecule has 88 valence electrons. The molecule has 0 aliphatic rings. The minimum absolute atomic E-state index is 0.0547. The van der Waals surface area contributed by atoms with E-state index in [4.69, 9.17) is 21.4 Å². The van der Waals surface area contributed by atoms with Crippen molar-refractivity contribution in [3.63, 3.8) is 0 Å². The lowest BCUT2D eigenvalue weighted by Gasteiger charge is -2.15. The van der Waals surface area contributed by atoms with Crippen LogP contribution in [0.3, 0.4) is 0 Å². The van der Waals surface area contributed by atoms with Gasteiger partial charge in [-0.2, -0.15) is 0 Å². The molecular weight excluding hydrogens is 228 g/mol. The van der Waals surface area contributed by atoms with Gasteiger partial charge in [-0.25, -0.2) is 0 Å². The van der Waals surface area contributed by atoms with E-state index in [1.54, 1.807) is 13.2 Å². The maximum absolute atomic E-state index is 10.6. The molecular formula is C12H15ClO3. The van der Waals surface area contributed by atoms with E-state index in [0.717, 1.165) is 11.1 Å². The van der Waals surface area contributed by atoms with Crippen LogP contribution in [0.2, 0.25) is 5.02 Å². The third-order valence-electron chi connectivity index (χ3n) is 2.55. The Morgan fingerprint density at radius 1 is 1.56 bits per heavy atom. The zero-order chi connectivity index (χ0) is 12.3. The van der Waals surface area contributed by atoms with Crippen LogP contribution in [0, 0.1) is 6.92 Å². The van der Waals surface area contributed by atoms with Crippen LogP contribution in [0.5, 0.6) is 5.75 Å². The number of benzene rings is 1. The van der Waals surface area contributed by atoms with Gasteiger partial charge in [-0.3, -0.25) is 4.79 Å². The zero-order valence-corrected chi connectivity index (χ0v) is 10.3. The summed E-state index contributed by atoms with van der Waals surface area (Å²) in [7, 11) is 1.56. The standard InChI is InChI=1S/C12H15ClO3/c1-7-4-11(16-3)10(13)6-9(7)8(2)5-12(14)15/h4,6,8H,5H2,1-3H3,(H,14,15). The number of carbonyl (C=O) groups is 1. The minimum Gasteiger partial charge on any atom is -0.495 e. The highest BCUT2D eigenvalue weighted by molar-refractivity contribution is 6.32. The first-order valence-electron chi connectivity index (χ1n) is 5.01. The quantitative estimate of drug-likeness (QED) is 0.882. The van der Waals surface area contributed by atoms with Crippen molar-refractivity contribution in [2.24, 2.45) is 0 Å². The summed E-state index contributed by atoms with van der Waals surface area (Å²) in [6.07, 6.45) is 0.101. The largest absolute Gasteiger partial charge is 0.495 e. The van der Waals surface area contributed by atoms with Gasteiger partial charge >= 0.3 is 5.97 Å². The first kappa shape index (κ1) is 12.8. The van der Waals surface area contributed by atoms with Crippen LogP contribution >= 0.6 is 11.6 Å². The summed E-state index contributed by atoms with van der Waals surface area (Å²) < 4.78 is 5.09. The Bertz CT molecular complexity index is 401. The van der Waals surface area contributed by atoms with Crippen molar-refractivity contribution in [3.05, 3.63) is 28.3 Å². The third-order valence-corrected chi connectivity index (χ3v) is 2.85. The Morgan fingerprint density at radius 3 is 2.69 bits per heavy atom. The van der Waals surface area contributed by atoms with Gasteiger partial charge in [0.15, 0.2) is 0 Å². The van der Waals surface area contributed by atoms with Crippen molar-refractivity contribution in [1.82, 2.24) is 0 Å². The van der Waals surface area contributed by atoms with Crippen molar-refractivity contribution < 1.29 is 14.6 Å². The smallest absolute Gasteiger partial charge is 0.303 e. The van der Waals surface area contributed by atoms with E-state index in [9.17, 15) is 4.79 Å². The first-order chi connectivity index (χ1) is 7.45. The number of aliphatic carboxylic acids is 1. The number of carboxylic acids is 1. The molecule has 1 N–H and O–H groups in total. The van der Waals surface area contributed by atoms with Crippen molar-refractivity contribution >= 4 is 17.6 Å². The minimum atomic E-state index is -0.807. The highest BCUT2D eigenvalue weighted by atomic mass is 35.5. The Hall–Kier alpha value is -1.22. The fourth-order valence-electron chi connectivity index (χ4n) is 1.73. The van der Waals surface area contributed by atoms with E-state index in [1.807, 2.05) is 19.9 Å². The van der Waals surface area contributed by atoms with Crippen LogP contribution in [0.1, 0.15) is 30.4 Å². The van der Waals surface area contributed by atoms with Gasteiger partial charge in [-0.1, -0.05) is 18.5 Å². The number of halogens is 1. The van der Waals surface area contributed by atoms with Crippen molar-refractivity contribution in [1.29, 1.82) is 0 Å². The summed E-state index contributed by atoms with van der Waals surface area (Å²) >= 11 is 6.01. The number of rotatable bonds is 4. The van der Waals surface area contributed by atoms with Gasteiger partial charge in [-0.15, -0.1) is 0 Å². The molecule has 16 heavy (non-hydrogen) atoms. The second kappa shape index (κ2) is 5.21. The molecule has 0 spiro atoms. The summed E-state index contributed by atoms with van der Waals surface area (Å²) in [5.74, 6) is -0.245. The maximum Gasteiger partial charge on any atom is 0.303 e. The lowest BCUT2D eigenvalue weighted by atomic mass is 9.93. The molecule has 1 unspecified atom stereocenters. The molecule has 0 aromatic heterocycles. The lowest BCUT2D eigenvalue weighted by Crippen LogP contribution is -2.04. The van der Waals surface area contributed by atoms with Gasteiger partial charge in [0.25, 0.3) is 0 Å². The second-order valence-electron chi connectivity index (χ2n) is 3.84. The molecule has 1 atom stereocenters. The van der Waals surface area contributed by atoms with Crippen molar-refractivity contribution in [2.45, 2.75) is 26.2 Å². The van der Waals surface area contributed by atoms with E-state index in [2.05, 4.69) is 0 Å². The molecule has 0 aliphatic heterocycles. The van der Waals surface area contributed by atoms with E-state index in [-0.39, 0.29) is 12.3 Å². The number of methoxy groups -OCH3 is 1. The summed E-state index contributed by atoms with van der Waals surface area (Å²) in [5.41, 5.74) is 1.95. The van der Waals surface area contributed by atoms with Gasteiger partial charge in [0.2, 0.25) is 0 Å². The van der Waals surface area contributed by atoms with E-state index in [1.165, 1.54) is 0 Å². The average molecular weight is 243 g/mol. The predicted octanol–water partition coefficient (Wildman–Crippen LogP) is 3.24. The Balaban J connectivity index is 3.05. The van der Waals surface area contributed by atoms with E-state index >= 15 is 0 Å². The van der Waals surface area contributed by atoms with Gasteiger partial charge in [-0.05, 0) is 36.1 Å². The summed E-state index contributed by atoms with van der Waals surface area (Å²) in [4.78, 5) is 10.6. The SMILES string of the molecule is COc1cc(C)c(C(C)CC(=O)O)cc1Cl. The van der Waals surface area contributed by atoms with Crippen LogP contribution in [0.4, 0.5) is 0 Å². The molecule has 0 bridgehead atoms. The highest BCUT2D eigenvalue weighted by Crippen LogP contribution is 2.32. The Kier molecular flexibility index (Phi) is 4.19. The van der Waals surface area contributed by atoms with Crippen LogP contribution in [-0.2, 0) is 4.79 Å². The lowest BCUT2D eigenvalue weighted by molar-refractivity contribution is -0.137. The predicted molar refractivity (Wildman–Crippen MR) is 63.4 cm³/mol. The summed E-state index contributed by atoms with van der Waals surface area (Å²) in [5, 5.41) is 9.26. The molecule has 0 amide bonds. The number of aryl methyl sites for hydroxylation is 1. The van der Waals surface area contributed by atoms with Gasteiger partial charge in [0, 0.05) is 0 Å². The first-order valence-corrected chi connectivity index (χ1v) is 5.39. The van der Waals surface area contributed by atoms with Gasteiger partial charge in [0.1, 0.15) is 5.75 Å². The van der Waals surface area contributed by atoms with Crippen LogP contribution in [0.15, 0.2) is 12.1 Å². The zero-order valence-electron chi connectivity index (χ0n) is 9.58. The van der Waals surface area contributed by atoms with Crippen LogP contribution in [-0.4, -0.2) is 18.2 Å². The fourth-order valence-corrected chi connectivity index (χ4v) is 1.98. The molecule has 1 rings (SSSR count). The number of ether oxygens (including phenoxy) is 1. The highest BCUT2D eigenvalue weighted by Gasteiger charge is 2.14. The molecule has 0 heterocycles. The van der Waals surface area contributed by atoms with E-state index in [0.29, 0.717) is 10.8 Å². The average Bonchev–Trinajstić information content (AvgIpc) is 2.19. The molecule has 0 radical (unpaired) electrons. The molecule has 0 aliphatic carbocycles. The Labute approximate surface area is 100.0 Å². The monoisotopic (exact) mass is 242 g/mol. The van der Waals surface area contributed by atoms with Gasteiger partial charge in [0.05, 0.1) is 18.6 Å². The van der Waals surface area contributed by atoms with Gasteiger partial charge < -0.3 is 9.84 Å². The number of carboxylic acid groups (broad SMARTS) is 1. The molecule has 0 saturated carbocycles. The molecule has 0 saturated heterocycles. The number of hydrogen-bond donors (Lipinski definition) is 1. The molecule has 0 fully saturated rings. The molecule has 4 heteroatoms. The van der Waals surface area contributed by atoms with Crippen LogP contribution in [0.25, 0.3) is 0 Å². The summed E-state index contributed by atoms with van der Waals surface area (Å²) in [6, 6.07) is 3.61. The maximum atomic E-state index is 10.6. The van der Waals surface area contributed by atoms with Crippen molar-refractivity contribution in [3.8, 4) is 5.75 Å². The normalized spacial score (nSPS) is 12.2. The molecule has 1 aromatic carbocycles. The van der Waals surface area contributed by atoms with Crippen molar-refractivity contribution in [2.75, 3.05) is 7.11 Å². The number of hydrogen-bond acceptors (Lipinski definition) is 2. The van der Waals surface area contributed by atoms with E-state index < -0.39 is 5.97 Å².